The number of nitrogens with one attached hydrogen (secondary N) is 1. The standard InChI is InChI=1S/C9H7N5O/c10-9-12-7(5-1-2-15-4-5)6-3-11-14-8(6)13-9/h1-4H,(H3,10,11,12,13,14). The Labute approximate surface area is 84.1 Å². The van der Waals surface area contributed by atoms with Gasteiger partial charge in [-0.25, -0.2) is 4.98 Å². The molecule has 3 aromatic heterocycles. The summed E-state index contributed by atoms with van der Waals surface area (Å²) < 4.78 is 5.00. The lowest BCUT2D eigenvalue weighted by Gasteiger charge is -1.99. The van der Waals surface area contributed by atoms with Gasteiger partial charge in [-0.1, -0.05) is 0 Å². The molecule has 0 aliphatic carbocycles. The third-order valence-corrected chi connectivity index (χ3v) is 2.12. The second-order valence-electron chi connectivity index (χ2n) is 3.07. The number of aromatic amines is 1. The highest BCUT2D eigenvalue weighted by atomic mass is 16.3. The maximum Gasteiger partial charge on any atom is 0.222 e. The highest BCUT2D eigenvalue weighted by molar-refractivity contribution is 5.90. The first-order valence-corrected chi connectivity index (χ1v) is 4.34. The number of rotatable bonds is 1. The van der Waals surface area contributed by atoms with Crippen molar-refractivity contribution in [1.29, 1.82) is 0 Å². The number of furan rings is 1. The van der Waals surface area contributed by atoms with Crippen LogP contribution in [0.5, 0.6) is 0 Å². The molecule has 0 saturated heterocycles. The van der Waals surface area contributed by atoms with Crippen molar-refractivity contribution in [3.63, 3.8) is 0 Å². The van der Waals surface area contributed by atoms with Gasteiger partial charge in [0, 0.05) is 5.56 Å². The molecule has 3 N–H and O–H groups in total. The molecule has 0 amide bonds. The van der Waals surface area contributed by atoms with Crippen LogP contribution in [0.15, 0.2) is 29.2 Å². The van der Waals surface area contributed by atoms with E-state index in [0.29, 0.717) is 5.65 Å². The summed E-state index contributed by atoms with van der Waals surface area (Å²) in [6, 6.07) is 1.81. The minimum Gasteiger partial charge on any atom is -0.472 e. The van der Waals surface area contributed by atoms with E-state index in [0.717, 1.165) is 16.6 Å². The molecule has 0 spiro atoms. The van der Waals surface area contributed by atoms with E-state index >= 15 is 0 Å². The Balaban J connectivity index is 2.38. The fraction of sp³-hybridized carbons (Fsp3) is 0. The van der Waals surface area contributed by atoms with Crippen LogP contribution in [-0.2, 0) is 0 Å². The summed E-state index contributed by atoms with van der Waals surface area (Å²) in [6.07, 6.45) is 4.85. The number of nitrogens with zero attached hydrogens (tertiary/aromatic N) is 3. The van der Waals surface area contributed by atoms with Gasteiger partial charge in [-0.3, -0.25) is 5.10 Å². The number of H-pyrrole nitrogens is 1. The van der Waals surface area contributed by atoms with Crippen molar-refractivity contribution in [2.75, 3.05) is 5.73 Å². The van der Waals surface area contributed by atoms with E-state index in [2.05, 4.69) is 20.2 Å². The molecule has 0 unspecified atom stereocenters. The van der Waals surface area contributed by atoms with Crippen LogP contribution in [0.2, 0.25) is 0 Å². The highest BCUT2D eigenvalue weighted by Gasteiger charge is 2.10. The van der Waals surface area contributed by atoms with E-state index in [-0.39, 0.29) is 5.95 Å². The zero-order valence-electron chi connectivity index (χ0n) is 7.64. The number of aromatic nitrogens is 4. The number of nitrogens with two attached hydrogens (primary N) is 1. The summed E-state index contributed by atoms with van der Waals surface area (Å²) in [5.74, 6) is 0.211. The zero-order chi connectivity index (χ0) is 10.3. The van der Waals surface area contributed by atoms with E-state index in [9.17, 15) is 0 Å². The first-order chi connectivity index (χ1) is 7.34. The lowest BCUT2D eigenvalue weighted by molar-refractivity contribution is 0.568. The van der Waals surface area contributed by atoms with Crippen molar-refractivity contribution in [1.82, 2.24) is 20.2 Å². The van der Waals surface area contributed by atoms with Gasteiger partial charge in [-0.2, -0.15) is 10.1 Å². The molecular weight excluding hydrogens is 194 g/mol. The van der Waals surface area contributed by atoms with Crippen molar-refractivity contribution in [2.24, 2.45) is 0 Å². The van der Waals surface area contributed by atoms with Crippen molar-refractivity contribution in [3.05, 3.63) is 24.8 Å². The minimum absolute atomic E-state index is 0.211. The van der Waals surface area contributed by atoms with E-state index in [1.54, 1.807) is 18.7 Å². The summed E-state index contributed by atoms with van der Waals surface area (Å²) in [5, 5.41) is 7.47. The van der Waals surface area contributed by atoms with E-state index in [1.165, 1.54) is 0 Å². The predicted octanol–water partition coefficient (Wildman–Crippen LogP) is 1.20. The highest BCUT2D eigenvalue weighted by Crippen LogP contribution is 2.25. The average molecular weight is 201 g/mol. The largest absolute Gasteiger partial charge is 0.472 e. The molecule has 6 heteroatoms. The number of hydrogen-bond acceptors (Lipinski definition) is 5. The Morgan fingerprint density at radius 3 is 3.07 bits per heavy atom. The molecular formula is C9H7N5O. The second kappa shape index (κ2) is 2.81. The fourth-order valence-electron chi connectivity index (χ4n) is 1.47. The van der Waals surface area contributed by atoms with Crippen molar-refractivity contribution in [2.45, 2.75) is 0 Å². The van der Waals surface area contributed by atoms with Crippen molar-refractivity contribution in [3.8, 4) is 11.3 Å². The smallest absolute Gasteiger partial charge is 0.222 e. The second-order valence-corrected chi connectivity index (χ2v) is 3.07. The monoisotopic (exact) mass is 201 g/mol. The van der Waals surface area contributed by atoms with Crippen LogP contribution in [0.3, 0.4) is 0 Å². The molecule has 0 radical (unpaired) electrons. The van der Waals surface area contributed by atoms with Gasteiger partial charge in [0.1, 0.15) is 0 Å². The number of nitrogen functional groups attached to an aromatic ring is 1. The van der Waals surface area contributed by atoms with Crippen LogP contribution >= 0.6 is 0 Å². The molecule has 0 bridgehead atoms. The zero-order valence-corrected chi connectivity index (χ0v) is 7.64. The molecule has 0 fully saturated rings. The van der Waals surface area contributed by atoms with Crippen molar-refractivity contribution >= 4 is 17.0 Å². The van der Waals surface area contributed by atoms with Crippen LogP contribution in [0.4, 0.5) is 5.95 Å². The van der Waals surface area contributed by atoms with Gasteiger partial charge in [0.05, 0.1) is 29.8 Å². The van der Waals surface area contributed by atoms with Crippen LogP contribution in [-0.4, -0.2) is 20.2 Å². The summed E-state index contributed by atoms with van der Waals surface area (Å²) in [7, 11) is 0. The van der Waals surface area contributed by atoms with Crippen LogP contribution < -0.4 is 5.73 Å². The summed E-state index contributed by atoms with van der Waals surface area (Å²) >= 11 is 0. The van der Waals surface area contributed by atoms with Gasteiger partial charge >= 0.3 is 0 Å². The van der Waals surface area contributed by atoms with Gasteiger partial charge in [0.2, 0.25) is 5.95 Å². The minimum atomic E-state index is 0.211. The average Bonchev–Trinajstić information content (AvgIpc) is 2.86. The topological polar surface area (TPSA) is 93.6 Å². The first kappa shape index (κ1) is 7.98. The van der Waals surface area contributed by atoms with Crippen molar-refractivity contribution < 1.29 is 4.42 Å². The third-order valence-electron chi connectivity index (χ3n) is 2.12. The SMILES string of the molecule is Nc1nc(-c2ccoc2)c2cn[nH]c2n1. The van der Waals surface area contributed by atoms with Gasteiger partial charge in [-0.15, -0.1) is 0 Å². The van der Waals surface area contributed by atoms with Crippen LogP contribution in [0.1, 0.15) is 0 Å². The Morgan fingerprint density at radius 2 is 2.27 bits per heavy atom. The predicted molar refractivity (Wildman–Crippen MR) is 53.8 cm³/mol. The molecule has 0 aromatic carbocycles. The van der Waals surface area contributed by atoms with Gasteiger partial charge in [0.25, 0.3) is 0 Å². The third kappa shape index (κ3) is 1.15. The summed E-state index contributed by atoms with van der Waals surface area (Å²) in [4.78, 5) is 8.19. The molecule has 0 aliphatic rings. The van der Waals surface area contributed by atoms with Gasteiger partial charge in [0.15, 0.2) is 5.65 Å². The Kier molecular flexibility index (Phi) is 1.49. The molecule has 0 saturated carbocycles. The summed E-state index contributed by atoms with van der Waals surface area (Å²) in [6.45, 7) is 0. The normalized spacial score (nSPS) is 10.9. The lowest BCUT2D eigenvalue weighted by Crippen LogP contribution is -1.96. The van der Waals surface area contributed by atoms with E-state index in [1.807, 2.05) is 6.07 Å². The molecule has 6 nitrogen and oxygen atoms in total. The van der Waals surface area contributed by atoms with Gasteiger partial charge in [-0.05, 0) is 6.07 Å². The Hall–Kier alpha value is -2.37. The maximum absolute atomic E-state index is 5.59. The lowest BCUT2D eigenvalue weighted by atomic mass is 10.2. The molecule has 0 aliphatic heterocycles. The van der Waals surface area contributed by atoms with Crippen LogP contribution in [0, 0.1) is 0 Å². The van der Waals surface area contributed by atoms with Gasteiger partial charge < -0.3 is 10.2 Å². The molecule has 0 atom stereocenters. The number of anilines is 1. The van der Waals surface area contributed by atoms with E-state index < -0.39 is 0 Å². The quantitative estimate of drug-likeness (QED) is 0.616. The van der Waals surface area contributed by atoms with E-state index in [4.69, 9.17) is 10.2 Å². The maximum atomic E-state index is 5.59. The molecule has 15 heavy (non-hydrogen) atoms. The molecule has 3 rings (SSSR count). The Bertz CT molecular complexity index is 598. The molecule has 3 aromatic rings. The number of fused-ring (bicyclic) bond motifs is 1. The van der Waals surface area contributed by atoms with Crippen LogP contribution in [0.25, 0.3) is 22.3 Å². The summed E-state index contributed by atoms with van der Waals surface area (Å²) in [5.41, 5.74) is 7.79. The molecule has 74 valence electrons. The molecule has 3 heterocycles. The fourth-order valence-corrected chi connectivity index (χ4v) is 1.47. The first-order valence-electron chi connectivity index (χ1n) is 4.34. The number of hydrogen-bond donors (Lipinski definition) is 2. The Morgan fingerprint density at radius 1 is 1.33 bits per heavy atom.